The number of carboxylic acids is 1. The maximum atomic E-state index is 12.5. The molecule has 0 aliphatic carbocycles. The fourth-order valence-electron chi connectivity index (χ4n) is 3.42. The molecule has 0 fully saturated rings. The number of nitrogens with one attached hydrogen (secondary N) is 1. The molecule has 0 aromatic heterocycles. The van der Waals surface area contributed by atoms with Gasteiger partial charge in [-0.25, -0.2) is 0 Å². The van der Waals surface area contributed by atoms with Crippen LogP contribution in [0.25, 0.3) is 0 Å². The van der Waals surface area contributed by atoms with Crippen LogP contribution in [0.5, 0.6) is 17.2 Å². The van der Waals surface area contributed by atoms with Crippen LogP contribution in [0.3, 0.4) is 0 Å². The third-order valence-corrected chi connectivity index (χ3v) is 5.83. The molecule has 9 heteroatoms. The number of carbonyl (C=O) groups is 2. The van der Waals surface area contributed by atoms with Crippen molar-refractivity contribution in [1.29, 1.82) is 5.26 Å². The molecule has 0 saturated carbocycles. The lowest BCUT2D eigenvalue weighted by Crippen LogP contribution is -2.21. The molecule has 0 radical (unpaired) electrons. The summed E-state index contributed by atoms with van der Waals surface area (Å²) >= 11 is 11.9. The minimum absolute atomic E-state index is 0.187. The van der Waals surface area contributed by atoms with Gasteiger partial charge in [0, 0.05) is 22.9 Å². The second-order valence-corrected chi connectivity index (χ2v) is 8.05. The molecule has 2 N–H and O–H groups in total. The SMILES string of the molecule is N#Cc1cc2c(cc1Oc1ccc(C(=O)Nc3ccc(Cl)c(Cl)c3)cc1)OCCC2C(=O)O. The van der Waals surface area contributed by atoms with E-state index in [0.717, 1.165) is 0 Å². The first-order valence-electron chi connectivity index (χ1n) is 9.83. The Hall–Kier alpha value is -3.73. The van der Waals surface area contributed by atoms with Crippen molar-refractivity contribution in [3.63, 3.8) is 0 Å². The fourth-order valence-corrected chi connectivity index (χ4v) is 3.72. The highest BCUT2D eigenvalue weighted by Crippen LogP contribution is 2.39. The molecule has 1 aliphatic heterocycles. The number of fused-ring (bicyclic) bond motifs is 1. The number of benzene rings is 3. The van der Waals surface area contributed by atoms with E-state index in [9.17, 15) is 20.0 Å². The van der Waals surface area contributed by atoms with Gasteiger partial charge < -0.3 is 19.9 Å². The third-order valence-electron chi connectivity index (χ3n) is 5.09. The van der Waals surface area contributed by atoms with E-state index in [1.165, 1.54) is 12.1 Å². The normalized spacial score (nSPS) is 14.4. The van der Waals surface area contributed by atoms with Gasteiger partial charge in [-0.2, -0.15) is 5.26 Å². The summed E-state index contributed by atoms with van der Waals surface area (Å²) in [4.78, 5) is 24.0. The number of ether oxygens (including phenoxy) is 2. The summed E-state index contributed by atoms with van der Waals surface area (Å²) < 4.78 is 11.4. The van der Waals surface area contributed by atoms with Crippen LogP contribution in [-0.2, 0) is 4.79 Å². The summed E-state index contributed by atoms with van der Waals surface area (Å²) in [7, 11) is 0. The highest BCUT2D eigenvalue weighted by molar-refractivity contribution is 6.42. The van der Waals surface area contributed by atoms with Crippen LogP contribution >= 0.6 is 23.2 Å². The van der Waals surface area contributed by atoms with Gasteiger partial charge in [-0.1, -0.05) is 23.2 Å². The first-order valence-corrected chi connectivity index (χ1v) is 10.6. The minimum Gasteiger partial charge on any atom is -0.493 e. The zero-order valence-corrected chi connectivity index (χ0v) is 18.5. The highest BCUT2D eigenvalue weighted by atomic mass is 35.5. The lowest BCUT2D eigenvalue weighted by Gasteiger charge is -2.24. The van der Waals surface area contributed by atoms with E-state index in [4.69, 9.17) is 32.7 Å². The van der Waals surface area contributed by atoms with Crippen molar-refractivity contribution in [3.05, 3.63) is 81.3 Å². The van der Waals surface area contributed by atoms with Gasteiger partial charge in [-0.15, -0.1) is 0 Å². The molecule has 1 atom stereocenters. The monoisotopic (exact) mass is 482 g/mol. The largest absolute Gasteiger partial charge is 0.493 e. The zero-order valence-electron chi connectivity index (χ0n) is 17.0. The van der Waals surface area contributed by atoms with Gasteiger partial charge in [-0.3, -0.25) is 9.59 Å². The van der Waals surface area contributed by atoms with E-state index < -0.39 is 11.9 Å². The molecule has 3 aromatic carbocycles. The van der Waals surface area contributed by atoms with Gasteiger partial charge in [0.1, 0.15) is 23.3 Å². The van der Waals surface area contributed by atoms with E-state index in [2.05, 4.69) is 5.32 Å². The maximum Gasteiger partial charge on any atom is 0.311 e. The number of anilines is 1. The van der Waals surface area contributed by atoms with Crippen LogP contribution in [0.2, 0.25) is 10.0 Å². The van der Waals surface area contributed by atoms with Gasteiger partial charge in [0.05, 0.1) is 28.1 Å². The molecule has 1 heterocycles. The van der Waals surface area contributed by atoms with Gasteiger partial charge >= 0.3 is 5.97 Å². The summed E-state index contributed by atoms with van der Waals surface area (Å²) in [6, 6.07) is 16.1. The summed E-state index contributed by atoms with van der Waals surface area (Å²) in [5, 5.41) is 22.4. The van der Waals surface area contributed by atoms with Crippen LogP contribution in [0, 0.1) is 11.3 Å². The molecule has 1 unspecified atom stereocenters. The number of carbonyl (C=O) groups excluding carboxylic acids is 1. The molecule has 166 valence electrons. The van der Waals surface area contributed by atoms with Crippen molar-refractivity contribution in [2.75, 3.05) is 11.9 Å². The Bertz CT molecular complexity index is 1290. The summed E-state index contributed by atoms with van der Waals surface area (Å²) in [5.41, 5.74) is 1.52. The second-order valence-electron chi connectivity index (χ2n) is 7.24. The Balaban J connectivity index is 1.52. The Morgan fingerprint density at radius 3 is 2.52 bits per heavy atom. The van der Waals surface area contributed by atoms with Gasteiger partial charge in [0.25, 0.3) is 5.91 Å². The predicted octanol–water partition coefficient (Wildman–Crippen LogP) is 5.86. The Morgan fingerprint density at radius 2 is 1.85 bits per heavy atom. The molecule has 3 aromatic rings. The first-order chi connectivity index (χ1) is 15.9. The van der Waals surface area contributed by atoms with E-state index in [0.29, 0.717) is 44.8 Å². The molecular weight excluding hydrogens is 467 g/mol. The highest BCUT2D eigenvalue weighted by Gasteiger charge is 2.29. The molecule has 1 amide bonds. The predicted molar refractivity (Wildman–Crippen MR) is 123 cm³/mol. The fraction of sp³-hybridized carbons (Fsp3) is 0.125. The number of hydrogen-bond acceptors (Lipinski definition) is 5. The Labute approximate surface area is 199 Å². The third kappa shape index (κ3) is 4.87. The van der Waals surface area contributed by atoms with Crippen LogP contribution in [0.1, 0.15) is 33.8 Å². The number of halogens is 2. The van der Waals surface area contributed by atoms with Crippen LogP contribution < -0.4 is 14.8 Å². The minimum atomic E-state index is -0.966. The van der Waals surface area contributed by atoms with Crippen LogP contribution in [0.15, 0.2) is 54.6 Å². The number of hydrogen-bond donors (Lipinski definition) is 2. The number of carboxylic acid groups (broad SMARTS) is 1. The summed E-state index contributed by atoms with van der Waals surface area (Å²) in [6.45, 7) is 0.262. The summed E-state index contributed by atoms with van der Waals surface area (Å²) in [6.07, 6.45) is 0.332. The van der Waals surface area contributed by atoms with E-state index >= 15 is 0 Å². The lowest BCUT2D eigenvalue weighted by molar-refractivity contribution is -0.139. The van der Waals surface area contributed by atoms with Crippen molar-refractivity contribution < 1.29 is 24.2 Å². The van der Waals surface area contributed by atoms with Crippen molar-refractivity contribution in [2.24, 2.45) is 0 Å². The van der Waals surface area contributed by atoms with Gasteiger partial charge in [0.15, 0.2) is 0 Å². The van der Waals surface area contributed by atoms with Gasteiger partial charge in [-0.05, 0) is 55.0 Å². The lowest BCUT2D eigenvalue weighted by atomic mass is 9.91. The number of amides is 1. The zero-order chi connectivity index (χ0) is 23.5. The molecule has 0 spiro atoms. The van der Waals surface area contributed by atoms with Gasteiger partial charge in [0.2, 0.25) is 0 Å². The number of rotatable bonds is 5. The maximum absolute atomic E-state index is 12.5. The molecule has 33 heavy (non-hydrogen) atoms. The molecule has 0 bridgehead atoms. The van der Waals surface area contributed by atoms with Crippen molar-refractivity contribution in [3.8, 4) is 23.3 Å². The van der Waals surface area contributed by atoms with Crippen LogP contribution in [0.4, 0.5) is 5.69 Å². The Kier molecular flexibility index (Phi) is 6.40. The van der Waals surface area contributed by atoms with E-state index in [1.807, 2.05) is 6.07 Å². The number of nitrogens with zero attached hydrogens (tertiary/aromatic N) is 1. The van der Waals surface area contributed by atoms with Crippen LogP contribution in [-0.4, -0.2) is 23.6 Å². The average molecular weight is 483 g/mol. The van der Waals surface area contributed by atoms with E-state index in [-0.39, 0.29) is 23.8 Å². The number of aliphatic carboxylic acids is 1. The van der Waals surface area contributed by atoms with Crippen molar-refractivity contribution in [1.82, 2.24) is 0 Å². The molecule has 0 saturated heterocycles. The quantitative estimate of drug-likeness (QED) is 0.471. The average Bonchev–Trinajstić information content (AvgIpc) is 2.81. The van der Waals surface area contributed by atoms with E-state index in [1.54, 1.807) is 42.5 Å². The standard InChI is InChI=1S/C24H16Cl2N2O5/c25-19-6-3-15(10-20(19)26)28-23(29)13-1-4-16(5-2-13)33-21-11-22-18(9-14(21)12-27)17(24(30)31)7-8-32-22/h1-6,9-11,17H,7-8H2,(H,28,29)(H,30,31). The first kappa shape index (κ1) is 22.5. The molecule has 7 nitrogen and oxygen atoms in total. The number of nitriles is 1. The molecule has 4 rings (SSSR count). The smallest absolute Gasteiger partial charge is 0.311 e. The topological polar surface area (TPSA) is 109 Å². The summed E-state index contributed by atoms with van der Waals surface area (Å²) in [5.74, 6) is -1.05. The molecular formula is C24H16Cl2N2O5. The van der Waals surface area contributed by atoms with Crippen molar-refractivity contribution >= 4 is 40.8 Å². The second kappa shape index (κ2) is 9.41. The molecule has 1 aliphatic rings. The Morgan fingerprint density at radius 1 is 1.09 bits per heavy atom. The van der Waals surface area contributed by atoms with Crippen molar-refractivity contribution in [2.45, 2.75) is 12.3 Å².